The molecule has 0 saturated carbocycles. The number of aromatic nitrogens is 6. The molecular formula is C21H29N9O. The van der Waals surface area contributed by atoms with Crippen molar-refractivity contribution >= 4 is 28.6 Å². The number of hydrogen-bond acceptors (Lipinski definition) is 9. The average Bonchev–Trinajstić information content (AvgIpc) is 3.48. The van der Waals surface area contributed by atoms with Gasteiger partial charge in [-0.1, -0.05) is 6.92 Å². The van der Waals surface area contributed by atoms with Gasteiger partial charge in [-0.2, -0.15) is 10.1 Å². The minimum atomic E-state index is 0.440. The summed E-state index contributed by atoms with van der Waals surface area (Å²) in [5, 5.41) is 11.8. The molecule has 0 amide bonds. The highest BCUT2D eigenvalue weighted by molar-refractivity contribution is 5.90. The topological polar surface area (TPSA) is 106 Å². The second-order valence-electron chi connectivity index (χ2n) is 8.11. The van der Waals surface area contributed by atoms with E-state index in [9.17, 15) is 0 Å². The van der Waals surface area contributed by atoms with E-state index in [0.717, 1.165) is 60.1 Å². The quantitative estimate of drug-likeness (QED) is 0.525. The molecule has 2 atom stereocenters. The van der Waals surface area contributed by atoms with Crippen LogP contribution in [0.15, 0.2) is 12.4 Å². The van der Waals surface area contributed by atoms with Gasteiger partial charge in [0.2, 0.25) is 5.95 Å². The van der Waals surface area contributed by atoms with Crippen LogP contribution >= 0.6 is 0 Å². The molecule has 2 N–H and O–H groups in total. The van der Waals surface area contributed by atoms with Crippen molar-refractivity contribution in [3.8, 4) is 0 Å². The van der Waals surface area contributed by atoms with Crippen molar-refractivity contribution in [2.75, 3.05) is 36.5 Å². The lowest BCUT2D eigenvalue weighted by molar-refractivity contribution is 0.137. The molecule has 2 saturated heterocycles. The Labute approximate surface area is 181 Å². The molecule has 2 aliphatic heterocycles. The molecule has 10 heteroatoms. The lowest BCUT2D eigenvalue weighted by Gasteiger charge is -2.27. The Morgan fingerprint density at radius 2 is 2.16 bits per heavy atom. The molecule has 31 heavy (non-hydrogen) atoms. The molecule has 3 aromatic rings. The monoisotopic (exact) mass is 423 g/mol. The molecule has 0 aromatic carbocycles. The molecule has 2 fully saturated rings. The highest BCUT2D eigenvalue weighted by Gasteiger charge is 2.39. The van der Waals surface area contributed by atoms with Crippen LogP contribution in [-0.2, 0) is 17.7 Å². The summed E-state index contributed by atoms with van der Waals surface area (Å²) in [5.74, 6) is 2.19. The van der Waals surface area contributed by atoms with Gasteiger partial charge in [-0.05, 0) is 26.7 Å². The zero-order chi connectivity index (χ0) is 21.4. The number of fused-ring (bicyclic) bond motifs is 3. The molecular weight excluding hydrogens is 394 g/mol. The van der Waals surface area contributed by atoms with Crippen molar-refractivity contribution in [2.24, 2.45) is 0 Å². The Morgan fingerprint density at radius 1 is 1.26 bits per heavy atom. The van der Waals surface area contributed by atoms with E-state index in [1.807, 2.05) is 24.6 Å². The molecule has 0 spiro atoms. The number of anilines is 3. The number of aryl methyl sites for hydroxylation is 2. The number of nitrogens with zero attached hydrogens (tertiary/aromatic N) is 7. The molecule has 2 bridgehead atoms. The fraction of sp³-hybridized carbons (Fsp3) is 0.571. The van der Waals surface area contributed by atoms with Crippen LogP contribution in [0.2, 0.25) is 0 Å². The SMILES string of the molecule is CCOCCn1nc(CC)c2nc(N3C[C@@H]4C[C@H]3CN4)nc(Nc3cc(C)ncn3)c21. The zero-order valence-electron chi connectivity index (χ0n) is 18.3. The third-order valence-electron chi connectivity index (χ3n) is 6.00. The van der Waals surface area contributed by atoms with Crippen LogP contribution in [0.1, 0.15) is 31.7 Å². The second kappa shape index (κ2) is 8.35. The number of rotatable bonds is 8. The Bertz CT molecular complexity index is 1080. The van der Waals surface area contributed by atoms with Crippen molar-refractivity contribution in [2.45, 2.75) is 52.2 Å². The second-order valence-corrected chi connectivity index (χ2v) is 8.11. The van der Waals surface area contributed by atoms with Crippen molar-refractivity contribution in [1.82, 2.24) is 35.0 Å². The predicted molar refractivity (Wildman–Crippen MR) is 119 cm³/mol. The summed E-state index contributed by atoms with van der Waals surface area (Å²) in [6.07, 6.45) is 3.50. The summed E-state index contributed by atoms with van der Waals surface area (Å²) in [6, 6.07) is 2.87. The number of nitrogens with one attached hydrogen (secondary N) is 2. The Kier molecular flexibility index (Phi) is 5.41. The van der Waals surface area contributed by atoms with Gasteiger partial charge in [0.1, 0.15) is 23.2 Å². The van der Waals surface area contributed by atoms with E-state index in [0.29, 0.717) is 37.7 Å². The van der Waals surface area contributed by atoms with Crippen LogP contribution in [0.5, 0.6) is 0 Å². The van der Waals surface area contributed by atoms with Crippen LogP contribution in [-0.4, -0.2) is 68.1 Å². The maximum Gasteiger partial charge on any atom is 0.228 e. The lowest BCUT2D eigenvalue weighted by Crippen LogP contribution is -2.44. The lowest BCUT2D eigenvalue weighted by atomic mass is 10.2. The van der Waals surface area contributed by atoms with Crippen molar-refractivity contribution < 1.29 is 4.74 Å². The van der Waals surface area contributed by atoms with Gasteiger partial charge in [-0.3, -0.25) is 4.68 Å². The normalized spacial score (nSPS) is 20.2. The zero-order valence-corrected chi connectivity index (χ0v) is 18.3. The first-order valence-corrected chi connectivity index (χ1v) is 11.1. The molecule has 5 heterocycles. The molecule has 164 valence electrons. The summed E-state index contributed by atoms with van der Waals surface area (Å²) >= 11 is 0. The Hall–Kier alpha value is -2.85. The summed E-state index contributed by atoms with van der Waals surface area (Å²) in [7, 11) is 0. The van der Waals surface area contributed by atoms with E-state index < -0.39 is 0 Å². The van der Waals surface area contributed by atoms with Gasteiger partial charge in [0.05, 0.1) is 18.8 Å². The van der Waals surface area contributed by atoms with Crippen molar-refractivity contribution in [1.29, 1.82) is 0 Å². The maximum absolute atomic E-state index is 5.58. The molecule has 0 unspecified atom stereocenters. The maximum atomic E-state index is 5.58. The molecule has 10 nitrogen and oxygen atoms in total. The summed E-state index contributed by atoms with van der Waals surface area (Å²) in [6.45, 7) is 9.88. The van der Waals surface area contributed by atoms with Gasteiger partial charge in [0.15, 0.2) is 5.82 Å². The van der Waals surface area contributed by atoms with E-state index >= 15 is 0 Å². The van der Waals surface area contributed by atoms with Crippen LogP contribution in [0.4, 0.5) is 17.6 Å². The first-order chi connectivity index (χ1) is 15.2. The first-order valence-electron chi connectivity index (χ1n) is 11.1. The first kappa shape index (κ1) is 20.1. The van der Waals surface area contributed by atoms with Crippen LogP contribution < -0.4 is 15.5 Å². The van der Waals surface area contributed by atoms with E-state index in [1.54, 1.807) is 6.33 Å². The smallest absolute Gasteiger partial charge is 0.228 e. The molecule has 0 aliphatic carbocycles. The minimum Gasteiger partial charge on any atom is -0.380 e. The predicted octanol–water partition coefficient (Wildman–Crippen LogP) is 1.82. The number of piperazine rings is 1. The third-order valence-corrected chi connectivity index (χ3v) is 6.00. The molecule has 2 aliphatic rings. The number of hydrogen-bond donors (Lipinski definition) is 2. The van der Waals surface area contributed by atoms with Gasteiger partial charge in [0.25, 0.3) is 0 Å². The van der Waals surface area contributed by atoms with Gasteiger partial charge < -0.3 is 20.3 Å². The standard InChI is InChI=1S/C21H29N9O/c1-4-16-18-19(30(28-16)6-7-31-5-2)20(25-17-8-13(3)23-12-24-17)27-21(26-18)29-11-14-9-15(29)10-22-14/h8,12,14-15,22H,4-7,9-11H2,1-3H3,(H,23,24,25,26,27)/t14-,15-/m0/s1. The highest BCUT2D eigenvalue weighted by Crippen LogP contribution is 2.32. The van der Waals surface area contributed by atoms with E-state index in [-0.39, 0.29) is 0 Å². The minimum absolute atomic E-state index is 0.440. The van der Waals surface area contributed by atoms with Crippen molar-refractivity contribution in [3.05, 3.63) is 23.8 Å². The fourth-order valence-electron chi connectivity index (χ4n) is 4.49. The van der Waals surface area contributed by atoms with Crippen LogP contribution in [0, 0.1) is 6.92 Å². The summed E-state index contributed by atoms with van der Waals surface area (Å²) < 4.78 is 7.54. The fourth-order valence-corrected chi connectivity index (χ4v) is 4.49. The van der Waals surface area contributed by atoms with Gasteiger partial charge >= 0.3 is 0 Å². The van der Waals surface area contributed by atoms with E-state index in [2.05, 4.69) is 32.4 Å². The third kappa shape index (κ3) is 3.81. The number of ether oxygens (including phenoxy) is 1. The van der Waals surface area contributed by atoms with Gasteiger partial charge in [-0.25, -0.2) is 15.0 Å². The Balaban J connectivity index is 1.61. The Morgan fingerprint density at radius 3 is 2.87 bits per heavy atom. The van der Waals surface area contributed by atoms with Crippen LogP contribution in [0.25, 0.3) is 11.0 Å². The summed E-state index contributed by atoms with van der Waals surface area (Å²) in [4.78, 5) is 20.9. The van der Waals surface area contributed by atoms with Gasteiger partial charge in [0, 0.05) is 43.5 Å². The molecule has 3 aromatic heterocycles. The van der Waals surface area contributed by atoms with Gasteiger partial charge in [-0.15, -0.1) is 0 Å². The highest BCUT2D eigenvalue weighted by atomic mass is 16.5. The molecule has 0 radical (unpaired) electrons. The van der Waals surface area contributed by atoms with E-state index in [1.165, 1.54) is 0 Å². The average molecular weight is 424 g/mol. The summed E-state index contributed by atoms with van der Waals surface area (Å²) in [5.41, 5.74) is 3.65. The van der Waals surface area contributed by atoms with Crippen molar-refractivity contribution in [3.63, 3.8) is 0 Å². The largest absolute Gasteiger partial charge is 0.380 e. The van der Waals surface area contributed by atoms with E-state index in [4.69, 9.17) is 19.8 Å². The molecule has 5 rings (SSSR count). The van der Waals surface area contributed by atoms with Crippen LogP contribution in [0.3, 0.4) is 0 Å².